The van der Waals surface area contributed by atoms with Crippen LogP contribution in [-0.4, -0.2) is 38.7 Å². The minimum atomic E-state index is -3.03. The van der Waals surface area contributed by atoms with Crippen molar-refractivity contribution in [2.45, 2.75) is 33.1 Å². The summed E-state index contributed by atoms with van der Waals surface area (Å²) in [6.45, 7) is 6.34. The predicted molar refractivity (Wildman–Crippen MR) is 80.7 cm³/mol. The zero-order valence-corrected chi connectivity index (χ0v) is 13.4. The van der Waals surface area contributed by atoms with Crippen LogP contribution in [0.25, 0.3) is 0 Å². The lowest BCUT2D eigenvalue weighted by Gasteiger charge is -2.30. The van der Waals surface area contributed by atoms with Gasteiger partial charge in [0.1, 0.15) is 5.76 Å². The van der Waals surface area contributed by atoms with Crippen molar-refractivity contribution >= 4 is 10.0 Å². The number of sulfonamides is 1. The van der Waals surface area contributed by atoms with Crippen molar-refractivity contribution in [3.63, 3.8) is 0 Å². The molecule has 0 aromatic heterocycles. The van der Waals surface area contributed by atoms with Crippen LogP contribution in [0.3, 0.4) is 0 Å². The van der Waals surface area contributed by atoms with E-state index >= 15 is 0 Å². The molecule has 0 amide bonds. The summed E-state index contributed by atoms with van der Waals surface area (Å²) in [5.41, 5.74) is 0.230. The van der Waals surface area contributed by atoms with Crippen molar-refractivity contribution < 1.29 is 13.2 Å². The number of allylic oxidation sites excluding steroid dienone is 3. The molecule has 0 aromatic carbocycles. The Morgan fingerprint density at radius 2 is 2.00 bits per heavy atom. The first-order chi connectivity index (χ1) is 9.26. The van der Waals surface area contributed by atoms with Gasteiger partial charge in [-0.05, 0) is 42.7 Å². The molecule has 0 atom stereocenters. The molecule has 1 heterocycles. The smallest absolute Gasteiger partial charge is 0.211 e. The normalized spacial score (nSPS) is 24.4. The molecule has 0 saturated carbocycles. The number of piperidine rings is 1. The van der Waals surface area contributed by atoms with Crippen LogP contribution in [-0.2, 0) is 14.8 Å². The highest BCUT2D eigenvalue weighted by Gasteiger charge is 2.25. The van der Waals surface area contributed by atoms with Crippen LogP contribution >= 0.6 is 0 Å². The lowest BCUT2D eigenvalue weighted by atomic mass is 9.86. The van der Waals surface area contributed by atoms with Crippen molar-refractivity contribution in [3.8, 4) is 0 Å². The fourth-order valence-electron chi connectivity index (χ4n) is 2.54. The van der Waals surface area contributed by atoms with Gasteiger partial charge in [-0.3, -0.25) is 0 Å². The van der Waals surface area contributed by atoms with Gasteiger partial charge in [0.15, 0.2) is 0 Å². The molecule has 0 radical (unpaired) electrons. The van der Waals surface area contributed by atoms with Gasteiger partial charge in [0.25, 0.3) is 0 Å². The van der Waals surface area contributed by atoms with Crippen molar-refractivity contribution in [2.75, 3.05) is 26.0 Å². The Bertz CT molecular complexity index is 497. The van der Waals surface area contributed by atoms with Gasteiger partial charge in [0, 0.05) is 13.1 Å². The van der Waals surface area contributed by atoms with E-state index in [0.717, 1.165) is 25.0 Å². The number of ether oxygens (including phenoxy) is 1. The van der Waals surface area contributed by atoms with E-state index in [-0.39, 0.29) is 5.41 Å². The van der Waals surface area contributed by atoms with E-state index in [0.29, 0.717) is 25.6 Å². The molecule has 0 N–H and O–H groups in total. The maximum Gasteiger partial charge on any atom is 0.211 e. The second-order valence-electron chi connectivity index (χ2n) is 6.55. The average Bonchev–Trinajstić information content (AvgIpc) is 2.37. The average molecular weight is 299 g/mol. The summed E-state index contributed by atoms with van der Waals surface area (Å²) < 4.78 is 30.3. The van der Waals surface area contributed by atoms with E-state index in [1.54, 1.807) is 4.31 Å². The molecule has 0 spiro atoms. The second-order valence-corrected chi connectivity index (χ2v) is 8.53. The van der Waals surface area contributed by atoms with E-state index < -0.39 is 10.0 Å². The molecule has 1 aliphatic carbocycles. The van der Waals surface area contributed by atoms with Gasteiger partial charge < -0.3 is 4.74 Å². The molecule has 4 nitrogen and oxygen atoms in total. The van der Waals surface area contributed by atoms with Gasteiger partial charge in [0.2, 0.25) is 10.0 Å². The van der Waals surface area contributed by atoms with Gasteiger partial charge in [-0.15, -0.1) is 0 Å². The molecule has 0 aromatic rings. The fourth-order valence-corrected chi connectivity index (χ4v) is 3.41. The third kappa shape index (κ3) is 4.35. The third-order valence-corrected chi connectivity index (χ3v) is 5.36. The quantitative estimate of drug-likeness (QED) is 0.801. The summed E-state index contributed by atoms with van der Waals surface area (Å²) in [7, 11) is -3.03. The minimum absolute atomic E-state index is 0.230. The first-order valence-corrected chi connectivity index (χ1v) is 9.08. The molecule has 0 bridgehead atoms. The molecule has 1 saturated heterocycles. The summed E-state index contributed by atoms with van der Waals surface area (Å²) in [5.74, 6) is 1.41. The molecule has 2 aliphatic rings. The topological polar surface area (TPSA) is 46.6 Å². The van der Waals surface area contributed by atoms with Crippen LogP contribution in [0.4, 0.5) is 0 Å². The summed E-state index contributed by atoms with van der Waals surface area (Å²) in [6.07, 6.45) is 10.4. The molecule has 1 aliphatic heterocycles. The number of hydrogen-bond acceptors (Lipinski definition) is 3. The van der Waals surface area contributed by atoms with Crippen LogP contribution in [0, 0.1) is 11.3 Å². The molecular formula is C15H25NO3S. The van der Waals surface area contributed by atoms with E-state index in [1.165, 1.54) is 6.26 Å². The van der Waals surface area contributed by atoms with Crippen LogP contribution in [0.5, 0.6) is 0 Å². The van der Waals surface area contributed by atoms with Gasteiger partial charge in [-0.2, -0.15) is 0 Å². The highest BCUT2D eigenvalue weighted by molar-refractivity contribution is 7.88. The predicted octanol–water partition coefficient (Wildman–Crippen LogP) is 2.54. The van der Waals surface area contributed by atoms with E-state index in [2.05, 4.69) is 32.1 Å². The zero-order chi connectivity index (χ0) is 14.8. The van der Waals surface area contributed by atoms with Crippen molar-refractivity contribution in [2.24, 2.45) is 11.3 Å². The number of nitrogens with zero attached hydrogens (tertiary/aromatic N) is 1. The Labute approximate surface area is 122 Å². The Morgan fingerprint density at radius 3 is 2.50 bits per heavy atom. The largest absolute Gasteiger partial charge is 0.494 e. The highest BCUT2D eigenvalue weighted by atomic mass is 32.2. The molecule has 114 valence electrons. The number of hydrogen-bond donors (Lipinski definition) is 0. The lowest BCUT2D eigenvalue weighted by Crippen LogP contribution is -2.38. The Hall–Kier alpha value is -0.810. The summed E-state index contributed by atoms with van der Waals surface area (Å²) >= 11 is 0. The monoisotopic (exact) mass is 299 g/mol. The Balaban J connectivity index is 1.75. The van der Waals surface area contributed by atoms with Crippen LogP contribution in [0.1, 0.15) is 33.1 Å². The van der Waals surface area contributed by atoms with Crippen LogP contribution < -0.4 is 0 Å². The Morgan fingerprint density at radius 1 is 1.35 bits per heavy atom. The van der Waals surface area contributed by atoms with Gasteiger partial charge in [0.05, 0.1) is 12.9 Å². The summed E-state index contributed by atoms with van der Waals surface area (Å²) in [5, 5.41) is 0. The maximum atomic E-state index is 11.4. The summed E-state index contributed by atoms with van der Waals surface area (Å²) in [6, 6.07) is 0. The molecule has 1 fully saturated rings. The SMILES string of the molecule is CC1(C)C=CC(OCC2CCN(S(C)(=O)=O)CC2)=CC1. The van der Waals surface area contributed by atoms with E-state index in [1.807, 2.05) is 0 Å². The van der Waals surface area contributed by atoms with Gasteiger partial charge >= 0.3 is 0 Å². The summed E-state index contributed by atoms with van der Waals surface area (Å²) in [4.78, 5) is 0. The zero-order valence-electron chi connectivity index (χ0n) is 12.6. The molecule has 20 heavy (non-hydrogen) atoms. The van der Waals surface area contributed by atoms with E-state index in [9.17, 15) is 8.42 Å². The molecule has 0 unspecified atom stereocenters. The van der Waals surface area contributed by atoms with E-state index in [4.69, 9.17) is 4.74 Å². The second kappa shape index (κ2) is 5.90. The van der Waals surface area contributed by atoms with Gasteiger partial charge in [-0.25, -0.2) is 12.7 Å². The number of rotatable bonds is 4. The standard InChI is InChI=1S/C15H25NO3S/c1-15(2)8-4-14(5-9-15)19-12-13-6-10-16(11-7-13)20(3,17)18/h4-5,8,13H,6-7,9-12H2,1-3H3. The molecule has 2 rings (SSSR count). The Kier molecular flexibility index (Phi) is 4.59. The van der Waals surface area contributed by atoms with Crippen LogP contribution in [0.15, 0.2) is 24.0 Å². The first-order valence-electron chi connectivity index (χ1n) is 7.24. The fraction of sp³-hybridized carbons (Fsp3) is 0.733. The van der Waals surface area contributed by atoms with Crippen molar-refractivity contribution in [3.05, 3.63) is 24.0 Å². The molecular weight excluding hydrogens is 274 g/mol. The molecule has 5 heteroatoms. The lowest BCUT2D eigenvalue weighted by molar-refractivity contribution is 0.135. The maximum absolute atomic E-state index is 11.4. The van der Waals surface area contributed by atoms with Crippen molar-refractivity contribution in [1.82, 2.24) is 4.31 Å². The third-order valence-electron chi connectivity index (χ3n) is 4.06. The van der Waals surface area contributed by atoms with Crippen LogP contribution in [0.2, 0.25) is 0 Å². The first kappa shape index (κ1) is 15.6. The van der Waals surface area contributed by atoms with Gasteiger partial charge in [-0.1, -0.05) is 19.9 Å². The van der Waals surface area contributed by atoms with Crippen molar-refractivity contribution in [1.29, 1.82) is 0 Å². The minimum Gasteiger partial charge on any atom is -0.494 e. The highest BCUT2D eigenvalue weighted by Crippen LogP contribution is 2.29.